The molecule has 0 saturated heterocycles. The van der Waals surface area contributed by atoms with E-state index in [1.807, 2.05) is 0 Å². The predicted molar refractivity (Wildman–Crippen MR) is 60.1 cm³/mol. The second-order valence-corrected chi connectivity index (χ2v) is 4.18. The molecule has 1 amide bonds. The van der Waals surface area contributed by atoms with Gasteiger partial charge in [-0.2, -0.15) is 0 Å². The fourth-order valence-corrected chi connectivity index (χ4v) is 1.52. The first kappa shape index (κ1) is 12.1. The van der Waals surface area contributed by atoms with E-state index in [2.05, 4.69) is 21.2 Å². The molecule has 1 atom stereocenters. The first-order valence-corrected chi connectivity index (χ1v) is 5.29. The molecule has 0 fully saturated rings. The Bertz CT molecular complexity index is 350. The Balaban J connectivity index is 2.82. The van der Waals surface area contributed by atoms with E-state index in [0.717, 1.165) is 0 Å². The van der Waals surface area contributed by atoms with E-state index in [1.54, 1.807) is 13.0 Å². The number of carbonyl (C=O) groups excluding carboxylic acids is 1. The van der Waals surface area contributed by atoms with E-state index >= 15 is 0 Å². The van der Waals surface area contributed by atoms with Crippen molar-refractivity contribution < 1.29 is 9.18 Å². The lowest BCUT2D eigenvalue weighted by atomic mass is 10.2. The molecule has 0 bridgehead atoms. The van der Waals surface area contributed by atoms with Crippen LogP contribution in [0.4, 0.5) is 4.39 Å². The van der Waals surface area contributed by atoms with Gasteiger partial charge in [-0.05, 0) is 25.1 Å². The van der Waals surface area contributed by atoms with Crippen LogP contribution in [-0.4, -0.2) is 18.5 Å². The van der Waals surface area contributed by atoms with Crippen LogP contribution >= 0.6 is 15.9 Å². The van der Waals surface area contributed by atoms with E-state index in [0.29, 0.717) is 11.0 Å². The highest BCUT2D eigenvalue weighted by atomic mass is 79.9. The monoisotopic (exact) mass is 274 g/mol. The van der Waals surface area contributed by atoms with Crippen molar-refractivity contribution in [1.82, 2.24) is 5.32 Å². The maximum absolute atomic E-state index is 13.0. The summed E-state index contributed by atoms with van der Waals surface area (Å²) >= 11 is 3.12. The van der Waals surface area contributed by atoms with Gasteiger partial charge in [0.05, 0.1) is 0 Å². The van der Waals surface area contributed by atoms with Gasteiger partial charge in [-0.25, -0.2) is 4.39 Å². The van der Waals surface area contributed by atoms with Crippen molar-refractivity contribution in [1.29, 1.82) is 0 Å². The van der Waals surface area contributed by atoms with Crippen molar-refractivity contribution in [3.63, 3.8) is 0 Å². The zero-order valence-corrected chi connectivity index (χ0v) is 9.84. The molecule has 1 rings (SSSR count). The normalized spacial score (nSPS) is 12.3. The Morgan fingerprint density at radius 3 is 2.80 bits per heavy atom. The van der Waals surface area contributed by atoms with Crippen LogP contribution < -0.4 is 11.1 Å². The number of nitrogens with one attached hydrogen (secondary N) is 1. The minimum absolute atomic E-state index is 0.125. The smallest absolute Gasteiger partial charge is 0.251 e. The first-order valence-electron chi connectivity index (χ1n) is 4.50. The number of nitrogens with two attached hydrogens (primary N) is 1. The molecule has 1 unspecified atom stereocenters. The number of amides is 1. The summed E-state index contributed by atoms with van der Waals surface area (Å²) in [6.07, 6.45) is 0. The second-order valence-electron chi connectivity index (χ2n) is 3.27. The maximum atomic E-state index is 13.0. The van der Waals surface area contributed by atoms with Gasteiger partial charge in [-0.1, -0.05) is 15.9 Å². The topological polar surface area (TPSA) is 55.1 Å². The lowest BCUT2D eigenvalue weighted by Crippen LogP contribution is -2.37. The fraction of sp³-hybridized carbons (Fsp3) is 0.300. The van der Waals surface area contributed by atoms with Crippen LogP contribution in [0.25, 0.3) is 0 Å². The predicted octanol–water partition coefficient (Wildman–Crippen LogP) is 1.67. The van der Waals surface area contributed by atoms with Crippen LogP contribution in [0.15, 0.2) is 22.7 Å². The number of hydrogen-bond donors (Lipinski definition) is 2. The van der Waals surface area contributed by atoms with E-state index in [9.17, 15) is 9.18 Å². The van der Waals surface area contributed by atoms with Crippen molar-refractivity contribution in [3.05, 3.63) is 34.1 Å². The Hall–Kier alpha value is -0.940. The summed E-state index contributed by atoms with van der Waals surface area (Å²) in [5, 5.41) is 2.65. The van der Waals surface area contributed by atoms with E-state index in [1.165, 1.54) is 12.1 Å². The molecule has 5 heteroatoms. The summed E-state index contributed by atoms with van der Waals surface area (Å²) in [7, 11) is 0. The molecule has 3 N–H and O–H groups in total. The van der Waals surface area contributed by atoms with E-state index in [4.69, 9.17) is 5.73 Å². The summed E-state index contributed by atoms with van der Waals surface area (Å²) in [5.74, 6) is -0.775. The summed E-state index contributed by atoms with van der Waals surface area (Å²) in [5.41, 5.74) is 5.64. The summed E-state index contributed by atoms with van der Waals surface area (Å²) in [4.78, 5) is 11.6. The number of carbonyl (C=O) groups is 1. The zero-order chi connectivity index (χ0) is 11.4. The quantitative estimate of drug-likeness (QED) is 0.881. The molecule has 15 heavy (non-hydrogen) atoms. The molecule has 0 aliphatic heterocycles. The molecule has 1 aromatic rings. The van der Waals surface area contributed by atoms with Crippen molar-refractivity contribution in [2.45, 2.75) is 13.0 Å². The molecule has 0 saturated carbocycles. The minimum atomic E-state index is -0.449. The molecule has 1 aromatic carbocycles. The molecule has 0 aromatic heterocycles. The number of hydrogen-bond acceptors (Lipinski definition) is 2. The molecular weight excluding hydrogens is 263 g/mol. The molecule has 0 aliphatic rings. The highest BCUT2D eigenvalue weighted by Crippen LogP contribution is 2.14. The van der Waals surface area contributed by atoms with Gasteiger partial charge in [-0.15, -0.1) is 0 Å². The average molecular weight is 275 g/mol. The standard InChI is InChI=1S/C10H12BrFN2O/c1-6(5-13)14-10(15)7-2-8(11)4-9(12)3-7/h2-4,6H,5,13H2,1H3,(H,14,15). The highest BCUT2D eigenvalue weighted by molar-refractivity contribution is 9.10. The van der Waals surface area contributed by atoms with Crippen molar-refractivity contribution >= 4 is 21.8 Å². The Morgan fingerprint density at radius 2 is 2.27 bits per heavy atom. The number of benzene rings is 1. The molecule has 0 spiro atoms. The molecule has 82 valence electrons. The van der Waals surface area contributed by atoms with E-state index < -0.39 is 5.82 Å². The highest BCUT2D eigenvalue weighted by Gasteiger charge is 2.10. The molecule has 0 radical (unpaired) electrons. The zero-order valence-electron chi connectivity index (χ0n) is 8.26. The Labute approximate surface area is 96.0 Å². The van der Waals surface area contributed by atoms with Crippen LogP contribution in [0.2, 0.25) is 0 Å². The van der Waals surface area contributed by atoms with Gasteiger partial charge in [0.1, 0.15) is 5.82 Å². The van der Waals surface area contributed by atoms with Crippen LogP contribution in [-0.2, 0) is 0 Å². The third kappa shape index (κ3) is 3.60. The van der Waals surface area contributed by atoms with E-state index in [-0.39, 0.29) is 17.5 Å². The SMILES string of the molecule is CC(CN)NC(=O)c1cc(F)cc(Br)c1. The fourth-order valence-electron chi connectivity index (χ4n) is 1.05. The van der Waals surface area contributed by atoms with Gasteiger partial charge < -0.3 is 11.1 Å². The summed E-state index contributed by atoms with van der Waals surface area (Å²) in [6, 6.07) is 3.91. The first-order chi connectivity index (χ1) is 7.02. The molecule has 0 aliphatic carbocycles. The van der Waals surface area contributed by atoms with Crippen LogP contribution in [0.5, 0.6) is 0 Å². The van der Waals surface area contributed by atoms with Crippen LogP contribution in [0.1, 0.15) is 17.3 Å². The summed E-state index contributed by atoms with van der Waals surface area (Å²) < 4.78 is 13.5. The van der Waals surface area contributed by atoms with Crippen LogP contribution in [0, 0.1) is 5.82 Å². The second kappa shape index (κ2) is 5.23. The third-order valence-electron chi connectivity index (χ3n) is 1.86. The average Bonchev–Trinajstić information content (AvgIpc) is 2.16. The molecule has 3 nitrogen and oxygen atoms in total. The Kier molecular flexibility index (Phi) is 4.23. The van der Waals surface area contributed by atoms with Gasteiger partial charge in [0, 0.05) is 22.6 Å². The van der Waals surface area contributed by atoms with Gasteiger partial charge in [0.25, 0.3) is 5.91 Å². The third-order valence-corrected chi connectivity index (χ3v) is 2.31. The Morgan fingerprint density at radius 1 is 1.60 bits per heavy atom. The van der Waals surface area contributed by atoms with Crippen molar-refractivity contribution in [2.24, 2.45) is 5.73 Å². The van der Waals surface area contributed by atoms with Crippen LogP contribution in [0.3, 0.4) is 0 Å². The number of halogens is 2. The lowest BCUT2D eigenvalue weighted by Gasteiger charge is -2.11. The molecular formula is C10H12BrFN2O. The minimum Gasteiger partial charge on any atom is -0.348 e. The van der Waals surface area contributed by atoms with Gasteiger partial charge in [-0.3, -0.25) is 4.79 Å². The lowest BCUT2D eigenvalue weighted by molar-refractivity contribution is 0.0940. The molecule has 0 heterocycles. The summed E-state index contributed by atoms with van der Waals surface area (Å²) in [6.45, 7) is 2.13. The van der Waals surface area contributed by atoms with Gasteiger partial charge in [0.2, 0.25) is 0 Å². The maximum Gasteiger partial charge on any atom is 0.251 e. The van der Waals surface area contributed by atoms with Crippen molar-refractivity contribution in [2.75, 3.05) is 6.54 Å². The number of rotatable bonds is 3. The van der Waals surface area contributed by atoms with Crippen molar-refractivity contribution in [3.8, 4) is 0 Å². The largest absolute Gasteiger partial charge is 0.348 e. The van der Waals surface area contributed by atoms with Gasteiger partial charge in [0.15, 0.2) is 0 Å². The van der Waals surface area contributed by atoms with Gasteiger partial charge >= 0.3 is 0 Å².